The smallest absolute Gasteiger partial charge is 0.0896 e. The Morgan fingerprint density at radius 3 is 2.94 bits per heavy atom. The molecular weight excluding hydrogens is 228 g/mol. The first kappa shape index (κ1) is 9.07. The summed E-state index contributed by atoms with van der Waals surface area (Å²) < 4.78 is 2.52. The molecule has 0 spiro atoms. The molecule has 0 aliphatic heterocycles. The molecule has 4 rings (SSSR count). The lowest BCUT2D eigenvalue weighted by Crippen LogP contribution is -1.80. The zero-order valence-corrected chi connectivity index (χ0v) is 9.74. The number of aromatic nitrogens is 2. The van der Waals surface area contributed by atoms with Gasteiger partial charge in [0, 0.05) is 27.9 Å². The molecule has 2 nitrogen and oxygen atoms in total. The molecule has 0 saturated carbocycles. The van der Waals surface area contributed by atoms with Crippen LogP contribution in [0.15, 0.2) is 48.8 Å². The van der Waals surface area contributed by atoms with Gasteiger partial charge < -0.3 is 0 Å². The Hall–Kier alpha value is -2.00. The summed E-state index contributed by atoms with van der Waals surface area (Å²) in [5.41, 5.74) is 2.11. The lowest BCUT2D eigenvalue weighted by atomic mass is 10.2. The first-order chi connectivity index (χ1) is 8.42. The largest absolute Gasteiger partial charge is 0.264 e. The van der Waals surface area contributed by atoms with E-state index in [4.69, 9.17) is 4.98 Å². The molecular formula is C14H8N2S. The Kier molecular flexibility index (Phi) is 1.73. The molecule has 0 atom stereocenters. The Morgan fingerprint density at radius 1 is 1.00 bits per heavy atom. The molecule has 3 heterocycles. The van der Waals surface area contributed by atoms with Crippen molar-refractivity contribution in [3.63, 3.8) is 0 Å². The maximum Gasteiger partial charge on any atom is 0.0896 e. The van der Waals surface area contributed by atoms with Crippen molar-refractivity contribution in [3.8, 4) is 0 Å². The second-order valence-corrected chi connectivity index (χ2v) is 5.09. The SMILES string of the molecule is c1ccc2c(c1)sc1cc3cnccc3nc12. The van der Waals surface area contributed by atoms with Gasteiger partial charge in [-0.3, -0.25) is 4.98 Å². The molecule has 4 aromatic rings. The number of hydrogen-bond acceptors (Lipinski definition) is 3. The highest BCUT2D eigenvalue weighted by Crippen LogP contribution is 2.33. The molecule has 0 radical (unpaired) electrons. The number of thiophene rings is 1. The summed E-state index contributed by atoms with van der Waals surface area (Å²) in [4.78, 5) is 8.87. The van der Waals surface area contributed by atoms with E-state index in [9.17, 15) is 0 Å². The third-order valence-corrected chi connectivity index (χ3v) is 4.05. The number of pyridine rings is 2. The van der Waals surface area contributed by atoms with Gasteiger partial charge in [0.1, 0.15) is 0 Å². The molecule has 3 heteroatoms. The minimum atomic E-state index is 1.01. The van der Waals surface area contributed by atoms with E-state index in [0.717, 1.165) is 16.4 Å². The van der Waals surface area contributed by atoms with Crippen LogP contribution in [-0.2, 0) is 0 Å². The van der Waals surface area contributed by atoms with Gasteiger partial charge in [0.25, 0.3) is 0 Å². The highest BCUT2D eigenvalue weighted by atomic mass is 32.1. The van der Waals surface area contributed by atoms with E-state index in [0.29, 0.717) is 0 Å². The van der Waals surface area contributed by atoms with Crippen LogP contribution >= 0.6 is 11.3 Å². The lowest BCUT2D eigenvalue weighted by Gasteiger charge is -1.96. The molecule has 0 fully saturated rings. The third-order valence-electron chi connectivity index (χ3n) is 2.94. The van der Waals surface area contributed by atoms with Gasteiger partial charge in [-0.15, -0.1) is 11.3 Å². The van der Waals surface area contributed by atoms with E-state index < -0.39 is 0 Å². The second-order valence-electron chi connectivity index (χ2n) is 4.00. The zero-order valence-electron chi connectivity index (χ0n) is 8.92. The lowest BCUT2D eigenvalue weighted by molar-refractivity contribution is 1.35. The van der Waals surface area contributed by atoms with E-state index in [1.807, 2.05) is 12.3 Å². The summed E-state index contributed by atoms with van der Waals surface area (Å²) in [5.74, 6) is 0. The Labute approximate surface area is 102 Å². The summed E-state index contributed by atoms with van der Waals surface area (Å²) in [7, 11) is 0. The monoisotopic (exact) mass is 236 g/mol. The van der Waals surface area contributed by atoms with Crippen LogP contribution in [-0.4, -0.2) is 9.97 Å². The van der Waals surface area contributed by atoms with Gasteiger partial charge >= 0.3 is 0 Å². The van der Waals surface area contributed by atoms with Crippen LogP contribution in [0, 0.1) is 0 Å². The van der Waals surface area contributed by atoms with Crippen molar-refractivity contribution >= 4 is 42.5 Å². The van der Waals surface area contributed by atoms with Gasteiger partial charge in [-0.1, -0.05) is 18.2 Å². The van der Waals surface area contributed by atoms with E-state index in [2.05, 4.69) is 35.3 Å². The molecule has 0 amide bonds. The van der Waals surface area contributed by atoms with Gasteiger partial charge in [0.2, 0.25) is 0 Å². The van der Waals surface area contributed by atoms with Crippen LogP contribution in [0.5, 0.6) is 0 Å². The minimum absolute atomic E-state index is 1.01. The molecule has 0 saturated heterocycles. The second kappa shape index (κ2) is 3.25. The van der Waals surface area contributed by atoms with Gasteiger partial charge in [0.05, 0.1) is 15.7 Å². The van der Waals surface area contributed by atoms with Gasteiger partial charge in [-0.25, -0.2) is 4.98 Å². The standard InChI is InChI=1S/C14H8N2S/c1-2-4-12-10(3-1)14-13(17-12)7-9-8-15-6-5-11(9)16-14/h1-8H. The van der Waals surface area contributed by atoms with E-state index in [1.54, 1.807) is 17.5 Å². The number of benzene rings is 1. The van der Waals surface area contributed by atoms with Crippen LogP contribution in [0.2, 0.25) is 0 Å². The molecule has 0 N–H and O–H groups in total. The summed E-state index contributed by atoms with van der Waals surface area (Å²) in [6.07, 6.45) is 3.65. The van der Waals surface area contributed by atoms with Crippen LogP contribution in [0.25, 0.3) is 31.2 Å². The van der Waals surface area contributed by atoms with Crippen molar-refractivity contribution < 1.29 is 0 Å². The summed E-state index contributed by atoms with van der Waals surface area (Å²) in [6.45, 7) is 0. The van der Waals surface area contributed by atoms with E-state index in [-0.39, 0.29) is 0 Å². The number of rotatable bonds is 0. The normalized spacial score (nSPS) is 11.5. The average Bonchev–Trinajstić information content (AvgIpc) is 2.73. The minimum Gasteiger partial charge on any atom is -0.264 e. The number of nitrogens with zero attached hydrogens (tertiary/aromatic N) is 2. The molecule has 17 heavy (non-hydrogen) atoms. The van der Waals surface area contributed by atoms with Crippen LogP contribution in [0.4, 0.5) is 0 Å². The highest BCUT2D eigenvalue weighted by molar-refractivity contribution is 7.25. The predicted octanol–water partition coefficient (Wildman–Crippen LogP) is 4.00. The van der Waals surface area contributed by atoms with Crippen LogP contribution in [0.3, 0.4) is 0 Å². The fourth-order valence-electron chi connectivity index (χ4n) is 2.14. The summed E-state index contributed by atoms with van der Waals surface area (Å²) in [6, 6.07) is 12.5. The maximum absolute atomic E-state index is 4.74. The van der Waals surface area contributed by atoms with Gasteiger partial charge in [0.15, 0.2) is 0 Å². The van der Waals surface area contributed by atoms with E-state index in [1.165, 1.54) is 14.8 Å². The topological polar surface area (TPSA) is 25.8 Å². The third kappa shape index (κ3) is 1.26. The molecule has 0 bridgehead atoms. The Bertz CT molecular complexity index is 842. The van der Waals surface area contributed by atoms with Gasteiger partial charge in [-0.05, 0) is 18.2 Å². The molecule has 1 aromatic carbocycles. The fourth-order valence-corrected chi connectivity index (χ4v) is 3.23. The number of fused-ring (bicyclic) bond motifs is 4. The Balaban J connectivity index is 2.28. The van der Waals surface area contributed by atoms with Crippen molar-refractivity contribution in [1.29, 1.82) is 0 Å². The predicted molar refractivity (Wildman–Crippen MR) is 72.4 cm³/mol. The average molecular weight is 236 g/mol. The van der Waals surface area contributed by atoms with E-state index >= 15 is 0 Å². The highest BCUT2D eigenvalue weighted by Gasteiger charge is 2.06. The fraction of sp³-hybridized carbons (Fsp3) is 0. The maximum atomic E-state index is 4.74. The first-order valence-electron chi connectivity index (χ1n) is 5.44. The molecule has 80 valence electrons. The quantitative estimate of drug-likeness (QED) is 0.461. The molecule has 3 aromatic heterocycles. The van der Waals surface area contributed by atoms with Crippen molar-refractivity contribution in [2.24, 2.45) is 0 Å². The van der Waals surface area contributed by atoms with Crippen molar-refractivity contribution in [1.82, 2.24) is 9.97 Å². The van der Waals surface area contributed by atoms with Crippen molar-refractivity contribution in [2.45, 2.75) is 0 Å². The van der Waals surface area contributed by atoms with Crippen molar-refractivity contribution in [2.75, 3.05) is 0 Å². The zero-order chi connectivity index (χ0) is 11.2. The van der Waals surface area contributed by atoms with Gasteiger partial charge in [-0.2, -0.15) is 0 Å². The van der Waals surface area contributed by atoms with Crippen molar-refractivity contribution in [3.05, 3.63) is 48.8 Å². The Morgan fingerprint density at radius 2 is 1.94 bits per heavy atom. The molecule has 0 unspecified atom stereocenters. The first-order valence-corrected chi connectivity index (χ1v) is 6.25. The van der Waals surface area contributed by atoms with Crippen LogP contribution in [0.1, 0.15) is 0 Å². The number of hydrogen-bond donors (Lipinski definition) is 0. The summed E-state index contributed by atoms with van der Waals surface area (Å²) >= 11 is 1.79. The molecule has 0 aliphatic carbocycles. The summed E-state index contributed by atoms with van der Waals surface area (Å²) in [5, 5.41) is 2.35. The van der Waals surface area contributed by atoms with Crippen LogP contribution < -0.4 is 0 Å². The molecule has 0 aliphatic rings.